The summed E-state index contributed by atoms with van der Waals surface area (Å²) >= 11 is 0. The highest BCUT2D eigenvalue weighted by molar-refractivity contribution is 7.87. The highest BCUT2D eigenvalue weighted by Gasteiger charge is 2.32. The first kappa shape index (κ1) is 32.4. The predicted octanol–water partition coefficient (Wildman–Crippen LogP) is 6.60. The van der Waals surface area contributed by atoms with Gasteiger partial charge in [-0.25, -0.2) is 0 Å². The molecular weight excluding hydrogens is 535 g/mol. The molecule has 2 rings (SSSR count). The number of unbranched alkanes of at least 4 members (excludes halogenated alkanes) is 6. The van der Waals surface area contributed by atoms with E-state index in [1.54, 1.807) is 11.0 Å². The van der Waals surface area contributed by atoms with Gasteiger partial charge < -0.3 is 18.6 Å². The monoisotopic (exact) mass is 573 g/mol. The number of carbonyl (C=O) groups is 1. The van der Waals surface area contributed by atoms with Gasteiger partial charge in [0.1, 0.15) is 4.90 Å². The van der Waals surface area contributed by atoms with E-state index >= 15 is 0 Å². The third-order valence-electron chi connectivity index (χ3n) is 6.16. The molecule has 0 saturated heterocycles. The lowest BCUT2D eigenvalue weighted by Gasteiger charge is -2.23. The van der Waals surface area contributed by atoms with Crippen LogP contribution in [0.25, 0.3) is 0 Å². The molecule has 7 nitrogen and oxygen atoms in total. The van der Waals surface area contributed by atoms with Crippen LogP contribution in [0.4, 0.5) is 13.2 Å². The number of halogens is 3. The molecule has 0 radical (unpaired) electrons. The highest BCUT2D eigenvalue weighted by Crippen LogP contribution is 2.34. The molecule has 0 unspecified atom stereocenters. The molecule has 2 aromatic carbocycles. The molecular formula is C28H38F3NO6S. The molecule has 0 spiro atoms. The molecule has 11 heteroatoms. The lowest BCUT2D eigenvalue weighted by Crippen LogP contribution is -2.33. The van der Waals surface area contributed by atoms with Crippen molar-refractivity contribution in [2.45, 2.75) is 75.9 Å². The molecule has 218 valence electrons. The number of rotatable bonds is 17. The molecule has 0 saturated carbocycles. The van der Waals surface area contributed by atoms with Crippen LogP contribution in [0.1, 0.15) is 69.4 Å². The molecule has 0 N–H and O–H groups in total. The second-order valence-electron chi connectivity index (χ2n) is 9.23. The van der Waals surface area contributed by atoms with Gasteiger partial charge in [0.25, 0.3) is 0 Å². The van der Waals surface area contributed by atoms with E-state index in [1.807, 2.05) is 0 Å². The van der Waals surface area contributed by atoms with Crippen molar-refractivity contribution in [2.24, 2.45) is 0 Å². The minimum Gasteiger partial charge on any atom is -0.493 e. The Bertz CT molecular complexity index is 1150. The van der Waals surface area contributed by atoms with Crippen LogP contribution in [0.3, 0.4) is 0 Å². The number of hydrogen-bond donors (Lipinski definition) is 0. The lowest BCUT2D eigenvalue weighted by atomic mass is 10.1. The average molecular weight is 574 g/mol. The van der Waals surface area contributed by atoms with Crippen LogP contribution in [0.5, 0.6) is 11.5 Å². The van der Waals surface area contributed by atoms with E-state index in [-0.39, 0.29) is 24.0 Å². The first-order valence-corrected chi connectivity index (χ1v) is 14.5. The first-order valence-electron chi connectivity index (χ1n) is 13.1. The maximum atomic E-state index is 13.1. The largest absolute Gasteiger partial charge is 0.493 e. The minimum atomic E-state index is -4.71. The maximum absolute atomic E-state index is 13.1. The van der Waals surface area contributed by atoms with Gasteiger partial charge in [-0.15, -0.1) is 0 Å². The van der Waals surface area contributed by atoms with Crippen LogP contribution in [0.2, 0.25) is 0 Å². The summed E-state index contributed by atoms with van der Waals surface area (Å²) in [6.45, 7) is 3.01. The highest BCUT2D eigenvalue weighted by atomic mass is 32.2. The van der Waals surface area contributed by atoms with Gasteiger partial charge in [0.15, 0.2) is 11.5 Å². The Morgan fingerprint density at radius 1 is 0.923 bits per heavy atom. The molecule has 39 heavy (non-hydrogen) atoms. The summed E-state index contributed by atoms with van der Waals surface area (Å²) in [6.07, 6.45) is 3.29. The van der Waals surface area contributed by atoms with Gasteiger partial charge >= 0.3 is 16.3 Å². The van der Waals surface area contributed by atoms with E-state index < -0.39 is 26.8 Å². The van der Waals surface area contributed by atoms with Crippen LogP contribution >= 0.6 is 0 Å². The van der Waals surface area contributed by atoms with Crippen molar-refractivity contribution in [3.05, 3.63) is 53.6 Å². The number of alkyl halides is 3. The van der Waals surface area contributed by atoms with E-state index in [0.717, 1.165) is 43.9 Å². The Hall–Kier alpha value is -2.79. The number of ether oxygens (including phenoxy) is 2. The number of benzene rings is 2. The van der Waals surface area contributed by atoms with Crippen molar-refractivity contribution in [1.82, 2.24) is 4.90 Å². The summed E-state index contributed by atoms with van der Waals surface area (Å²) in [5, 5.41) is 0. The topological polar surface area (TPSA) is 82.1 Å². The number of methoxy groups -OCH3 is 2. The second kappa shape index (κ2) is 15.7. The van der Waals surface area contributed by atoms with Crippen LogP contribution in [-0.4, -0.2) is 46.6 Å². The van der Waals surface area contributed by atoms with Crippen LogP contribution in [-0.2, 0) is 32.4 Å². The summed E-state index contributed by atoms with van der Waals surface area (Å²) in [5.74, 6) is -0.166. The fraction of sp³-hybridized carbons (Fsp3) is 0.536. The molecule has 0 aliphatic carbocycles. The van der Waals surface area contributed by atoms with Crippen molar-refractivity contribution in [3.63, 3.8) is 0 Å². The summed E-state index contributed by atoms with van der Waals surface area (Å²) in [4.78, 5) is 13.9. The van der Waals surface area contributed by atoms with Gasteiger partial charge in [-0.1, -0.05) is 57.6 Å². The number of carbonyl (C=O) groups excluding carboxylic acids is 1. The van der Waals surface area contributed by atoms with Crippen molar-refractivity contribution in [3.8, 4) is 11.5 Å². The van der Waals surface area contributed by atoms with Gasteiger partial charge in [0.2, 0.25) is 5.91 Å². The fourth-order valence-corrected chi connectivity index (χ4v) is 4.96. The molecule has 0 fully saturated rings. The van der Waals surface area contributed by atoms with Crippen LogP contribution in [0, 0.1) is 0 Å². The lowest BCUT2D eigenvalue weighted by molar-refractivity contribution is -0.137. The third kappa shape index (κ3) is 10.7. The molecule has 0 aliphatic rings. The Morgan fingerprint density at radius 2 is 1.62 bits per heavy atom. The van der Waals surface area contributed by atoms with Gasteiger partial charge in [-0.3, -0.25) is 4.79 Å². The zero-order valence-electron chi connectivity index (χ0n) is 22.8. The smallest absolute Gasteiger partial charge is 0.416 e. The standard InChI is InChI=1S/C28H38F3NO6S/c1-4-5-6-7-8-9-10-14-27(33)32(17-18-36-2)21-22-15-16-25(37-3)26(19-22)38-39(34,35)24-13-11-12-23(20-24)28(29,30)31/h11-13,15-16,19-20H,4-10,14,17-18,21H2,1-3H3. The summed E-state index contributed by atoms with van der Waals surface area (Å²) < 4.78 is 80.5. The Kier molecular flexibility index (Phi) is 13.1. The quantitative estimate of drug-likeness (QED) is 0.157. The van der Waals surface area contributed by atoms with Crippen molar-refractivity contribution in [2.75, 3.05) is 27.4 Å². The van der Waals surface area contributed by atoms with Crippen LogP contribution < -0.4 is 8.92 Å². The minimum absolute atomic E-state index is 0.0459. The normalized spacial score (nSPS) is 11.8. The number of nitrogens with zero attached hydrogens (tertiary/aromatic N) is 1. The van der Waals surface area contributed by atoms with Gasteiger partial charge in [-0.05, 0) is 42.3 Å². The summed E-state index contributed by atoms with van der Waals surface area (Å²) in [6, 6.07) is 7.88. The Balaban J connectivity index is 2.16. The zero-order chi connectivity index (χ0) is 28.9. The van der Waals surface area contributed by atoms with Crippen LogP contribution in [0.15, 0.2) is 47.4 Å². The van der Waals surface area contributed by atoms with Gasteiger partial charge in [-0.2, -0.15) is 21.6 Å². The zero-order valence-corrected chi connectivity index (χ0v) is 23.6. The number of hydrogen-bond acceptors (Lipinski definition) is 6. The van der Waals surface area contributed by atoms with E-state index in [9.17, 15) is 26.4 Å². The molecule has 0 atom stereocenters. The van der Waals surface area contributed by atoms with Gasteiger partial charge in [0, 0.05) is 26.6 Å². The third-order valence-corrected chi connectivity index (χ3v) is 7.39. The van der Waals surface area contributed by atoms with Crippen molar-refractivity contribution < 1.29 is 40.0 Å². The van der Waals surface area contributed by atoms with Crippen molar-refractivity contribution in [1.29, 1.82) is 0 Å². The van der Waals surface area contributed by atoms with Gasteiger partial charge in [0.05, 0.1) is 19.3 Å². The van der Waals surface area contributed by atoms with Crippen molar-refractivity contribution >= 4 is 16.0 Å². The van der Waals surface area contributed by atoms with E-state index in [4.69, 9.17) is 13.7 Å². The fourth-order valence-electron chi connectivity index (χ4n) is 3.98. The molecule has 2 aromatic rings. The summed E-state index contributed by atoms with van der Waals surface area (Å²) in [7, 11) is -1.76. The molecule has 0 bridgehead atoms. The van der Waals surface area contributed by atoms with E-state index in [1.165, 1.54) is 45.6 Å². The van der Waals surface area contributed by atoms with E-state index in [0.29, 0.717) is 31.2 Å². The molecule has 0 heterocycles. The molecule has 0 aliphatic heterocycles. The predicted molar refractivity (Wildman–Crippen MR) is 142 cm³/mol. The SMILES string of the molecule is CCCCCCCCCC(=O)N(CCOC)Cc1ccc(OC)c(OS(=O)(=O)c2cccc(C(F)(F)F)c2)c1. The Labute approximate surface area is 229 Å². The molecule has 1 amide bonds. The molecule has 0 aromatic heterocycles. The average Bonchev–Trinajstić information content (AvgIpc) is 2.90. The second-order valence-corrected chi connectivity index (χ2v) is 10.8. The Morgan fingerprint density at radius 3 is 2.26 bits per heavy atom. The number of amides is 1. The van der Waals surface area contributed by atoms with E-state index in [2.05, 4.69) is 6.92 Å². The summed E-state index contributed by atoms with van der Waals surface area (Å²) in [5.41, 5.74) is -0.546. The first-order chi connectivity index (χ1) is 18.5. The maximum Gasteiger partial charge on any atom is 0.416 e.